The zero-order valence-corrected chi connectivity index (χ0v) is 27.2. The summed E-state index contributed by atoms with van der Waals surface area (Å²) in [6.45, 7) is 7.33. The Morgan fingerprint density at radius 1 is 1.17 bits per heavy atom. The zero-order valence-electron chi connectivity index (χ0n) is 27.2. The zero-order chi connectivity index (χ0) is 34.0. The molecule has 0 spiro atoms. The highest BCUT2D eigenvalue weighted by molar-refractivity contribution is 6.23. The van der Waals surface area contributed by atoms with Crippen LogP contribution in [0.4, 0.5) is 4.79 Å². The number of nitrogens with two attached hydrogens (primary N) is 1. The Kier molecular flexibility index (Phi) is 13.3. The molecule has 2 heterocycles. The third-order valence-electron chi connectivity index (χ3n) is 8.05. The van der Waals surface area contributed by atoms with Crippen molar-refractivity contribution < 1.29 is 42.9 Å². The van der Waals surface area contributed by atoms with Crippen LogP contribution in [0.15, 0.2) is 81.3 Å². The van der Waals surface area contributed by atoms with Crippen LogP contribution in [-0.2, 0) is 35.0 Å². The predicted molar refractivity (Wildman–Crippen MR) is 170 cm³/mol. The number of ketones is 2. The molecule has 0 aromatic carbocycles. The smallest absolute Gasteiger partial charge is 0.405 e. The van der Waals surface area contributed by atoms with Gasteiger partial charge in [0.15, 0.2) is 6.10 Å². The van der Waals surface area contributed by atoms with Gasteiger partial charge in [0, 0.05) is 50.3 Å². The number of rotatable bonds is 7. The number of primary amides is 1. The van der Waals surface area contributed by atoms with Gasteiger partial charge in [-0.1, -0.05) is 38.2 Å². The topological polar surface area (TPSA) is 179 Å². The van der Waals surface area contributed by atoms with E-state index in [0.29, 0.717) is 25.0 Å². The van der Waals surface area contributed by atoms with Gasteiger partial charge >= 0.3 is 6.09 Å². The van der Waals surface area contributed by atoms with Crippen LogP contribution in [0.1, 0.15) is 46.3 Å². The van der Waals surface area contributed by atoms with Gasteiger partial charge in [-0.3, -0.25) is 14.4 Å². The summed E-state index contributed by atoms with van der Waals surface area (Å²) in [5.41, 5.74) is 6.45. The molecule has 250 valence electrons. The lowest BCUT2D eigenvalue weighted by atomic mass is 9.85. The SMILES string of the molecule is CO[C@@H]1/C=C\C=C(\C)C(=O)NC2=CC(=O)C(NCCc3ccco3)=C(C[C@@H](C)C[C@@H](OC)[C@@H](O)[C@@H](C)/C=C(/C)[C@H]1OC(N)=O)C2=O. The van der Waals surface area contributed by atoms with Crippen molar-refractivity contribution in [3.8, 4) is 0 Å². The Morgan fingerprint density at radius 3 is 2.54 bits per heavy atom. The van der Waals surface area contributed by atoms with E-state index in [1.165, 1.54) is 20.3 Å². The van der Waals surface area contributed by atoms with E-state index >= 15 is 0 Å². The number of furan rings is 1. The summed E-state index contributed by atoms with van der Waals surface area (Å²) < 4.78 is 22.0. The number of amides is 2. The molecule has 46 heavy (non-hydrogen) atoms. The maximum atomic E-state index is 13.8. The summed E-state index contributed by atoms with van der Waals surface area (Å²) in [6.07, 6.45) is 5.79. The summed E-state index contributed by atoms with van der Waals surface area (Å²) in [7, 11) is 2.93. The molecule has 3 rings (SSSR count). The average molecular weight is 640 g/mol. The quantitative estimate of drug-likeness (QED) is 0.256. The molecular formula is C34H45N3O9. The highest BCUT2D eigenvalue weighted by atomic mass is 16.6. The van der Waals surface area contributed by atoms with Gasteiger partial charge in [0.2, 0.25) is 11.6 Å². The maximum Gasteiger partial charge on any atom is 0.405 e. The molecule has 2 bridgehead atoms. The van der Waals surface area contributed by atoms with Gasteiger partial charge < -0.3 is 40.1 Å². The van der Waals surface area contributed by atoms with Crippen LogP contribution in [0.2, 0.25) is 0 Å². The molecule has 6 atom stereocenters. The second kappa shape index (κ2) is 16.9. The summed E-state index contributed by atoms with van der Waals surface area (Å²) in [4.78, 5) is 52.0. The minimum absolute atomic E-state index is 0.134. The van der Waals surface area contributed by atoms with E-state index in [4.69, 9.17) is 24.4 Å². The number of aliphatic hydroxyl groups excluding tert-OH is 1. The molecule has 0 unspecified atom stereocenters. The van der Waals surface area contributed by atoms with Crippen molar-refractivity contribution in [1.29, 1.82) is 0 Å². The molecule has 1 aromatic rings. The van der Waals surface area contributed by atoms with Crippen LogP contribution in [0.25, 0.3) is 0 Å². The molecule has 0 radical (unpaired) electrons. The molecule has 1 aliphatic carbocycles. The van der Waals surface area contributed by atoms with Crippen LogP contribution < -0.4 is 16.4 Å². The van der Waals surface area contributed by atoms with Crippen molar-refractivity contribution in [2.45, 2.75) is 71.4 Å². The highest BCUT2D eigenvalue weighted by Crippen LogP contribution is 2.29. The van der Waals surface area contributed by atoms with Gasteiger partial charge in [0.05, 0.1) is 29.9 Å². The summed E-state index contributed by atoms with van der Waals surface area (Å²) in [5.74, 6) is -1.45. The van der Waals surface area contributed by atoms with E-state index < -0.39 is 53.9 Å². The van der Waals surface area contributed by atoms with Crippen molar-refractivity contribution in [3.05, 3.63) is 82.6 Å². The first kappa shape index (κ1) is 36.2. The number of nitrogens with one attached hydrogen (secondary N) is 2. The summed E-state index contributed by atoms with van der Waals surface area (Å²) in [5, 5.41) is 17.0. The Hall–Kier alpha value is -4.26. The van der Waals surface area contributed by atoms with E-state index in [1.54, 1.807) is 51.3 Å². The first-order valence-electron chi connectivity index (χ1n) is 15.2. The number of aliphatic hydroxyl groups is 1. The number of hydrogen-bond acceptors (Lipinski definition) is 10. The molecule has 0 fully saturated rings. The average Bonchev–Trinajstić information content (AvgIpc) is 3.53. The lowest BCUT2D eigenvalue weighted by Gasteiger charge is -2.30. The number of fused-ring (bicyclic) bond motifs is 2. The van der Waals surface area contributed by atoms with E-state index in [2.05, 4.69) is 10.6 Å². The van der Waals surface area contributed by atoms with Crippen LogP contribution in [0, 0.1) is 11.8 Å². The van der Waals surface area contributed by atoms with Crippen LogP contribution in [0.3, 0.4) is 0 Å². The lowest BCUT2D eigenvalue weighted by molar-refractivity contribution is -0.120. The fourth-order valence-corrected chi connectivity index (χ4v) is 5.54. The Morgan fingerprint density at radius 2 is 1.91 bits per heavy atom. The highest BCUT2D eigenvalue weighted by Gasteiger charge is 2.33. The van der Waals surface area contributed by atoms with Gasteiger partial charge in [-0.05, 0) is 50.3 Å². The van der Waals surface area contributed by atoms with Crippen molar-refractivity contribution in [2.24, 2.45) is 17.6 Å². The van der Waals surface area contributed by atoms with E-state index in [0.717, 1.165) is 11.8 Å². The predicted octanol–water partition coefficient (Wildman–Crippen LogP) is 3.19. The van der Waals surface area contributed by atoms with E-state index in [1.807, 2.05) is 13.0 Å². The molecule has 2 aliphatic rings. The number of ether oxygens (including phenoxy) is 3. The lowest BCUT2D eigenvalue weighted by Crippen LogP contribution is -2.38. The molecule has 1 aliphatic heterocycles. The van der Waals surface area contributed by atoms with Gasteiger partial charge in [-0.15, -0.1) is 0 Å². The molecule has 1 aromatic heterocycles. The van der Waals surface area contributed by atoms with Crippen LogP contribution >= 0.6 is 0 Å². The number of allylic oxidation sites excluding steroid dienone is 4. The molecule has 0 saturated carbocycles. The number of methoxy groups -OCH3 is 2. The minimum atomic E-state index is -1.00. The van der Waals surface area contributed by atoms with Gasteiger partial charge in [-0.25, -0.2) is 4.79 Å². The second-order valence-corrected chi connectivity index (χ2v) is 11.7. The molecule has 12 heteroatoms. The number of Topliss-reactive ketones (excluding diaryl/α,β-unsaturated/α-hetero) is 1. The summed E-state index contributed by atoms with van der Waals surface area (Å²) in [6, 6.07) is 3.59. The fraction of sp³-hybridized carbons (Fsp3) is 0.471. The van der Waals surface area contributed by atoms with Gasteiger partial charge in [-0.2, -0.15) is 0 Å². The maximum absolute atomic E-state index is 13.8. The minimum Gasteiger partial charge on any atom is -0.469 e. The number of carbonyl (C=O) groups is 4. The Labute approximate surface area is 269 Å². The first-order chi connectivity index (χ1) is 21.9. The van der Waals surface area contributed by atoms with Gasteiger partial charge in [0.1, 0.15) is 11.9 Å². The van der Waals surface area contributed by atoms with Crippen LogP contribution in [0.5, 0.6) is 0 Å². The second-order valence-electron chi connectivity index (χ2n) is 11.7. The first-order valence-corrected chi connectivity index (χ1v) is 15.2. The van der Waals surface area contributed by atoms with Crippen molar-refractivity contribution >= 4 is 23.6 Å². The number of hydrogen-bond donors (Lipinski definition) is 4. The summed E-state index contributed by atoms with van der Waals surface area (Å²) >= 11 is 0. The molecular weight excluding hydrogens is 594 g/mol. The normalized spacial score (nSPS) is 30.0. The molecule has 12 nitrogen and oxygen atoms in total. The third-order valence-corrected chi connectivity index (χ3v) is 8.05. The van der Waals surface area contributed by atoms with Crippen molar-refractivity contribution in [3.63, 3.8) is 0 Å². The van der Waals surface area contributed by atoms with E-state index in [-0.39, 0.29) is 34.9 Å². The molecule has 5 N–H and O–H groups in total. The third kappa shape index (κ3) is 9.62. The monoisotopic (exact) mass is 639 g/mol. The fourth-order valence-electron chi connectivity index (χ4n) is 5.54. The molecule has 0 saturated heterocycles. The largest absolute Gasteiger partial charge is 0.469 e. The van der Waals surface area contributed by atoms with Crippen LogP contribution in [-0.4, -0.2) is 73.9 Å². The van der Waals surface area contributed by atoms with Gasteiger partial charge in [0.25, 0.3) is 5.91 Å². The number of carbonyl (C=O) groups excluding carboxylic acids is 4. The van der Waals surface area contributed by atoms with Crippen molar-refractivity contribution in [2.75, 3.05) is 20.8 Å². The Balaban J connectivity index is 2.03. The molecule has 2 amide bonds. The Bertz CT molecular complexity index is 1420. The van der Waals surface area contributed by atoms with Crippen molar-refractivity contribution in [1.82, 2.24) is 10.6 Å². The van der Waals surface area contributed by atoms with E-state index in [9.17, 15) is 24.3 Å². The standard InChI is InChI=1S/C34H45N3O9/c1-19-15-24-29(36-13-12-23-10-8-14-45-23)26(38)18-25(31(24)40)37-33(41)20(2)9-7-11-27(43-5)32(46-34(35)42)22(4)17-21(3)30(39)28(16-19)44-6/h7-11,14,17-19,21,27-28,30,32,36,39H,12-13,15-16H2,1-6H3,(H2,35,42)(H,37,41)/b11-7-,20-9-,22-17-/t19-,21+,27-,28-,30+,32-/m1/s1.